The smallest absolute Gasteiger partial charge is 0.219 e. The van der Waals surface area contributed by atoms with E-state index in [1.807, 2.05) is 0 Å². The molecule has 0 spiro atoms. The normalized spacial score (nSPS) is 36.1. The predicted octanol–water partition coefficient (Wildman–Crippen LogP) is 2.37. The number of hydrogen-bond acceptors (Lipinski definition) is 3. The summed E-state index contributed by atoms with van der Waals surface area (Å²) in [5.41, 5.74) is -0.336. The number of hydrogen-bond donors (Lipinski definition) is 1. The van der Waals surface area contributed by atoms with E-state index < -0.39 is 10.7 Å². The highest BCUT2D eigenvalue weighted by Gasteiger charge is 2.67. The third-order valence-corrected chi connectivity index (χ3v) is 5.22. The number of aliphatic hydroxyl groups is 1. The Kier molecular flexibility index (Phi) is 2.47. The Morgan fingerprint density at radius 2 is 2.28 bits per heavy atom. The summed E-state index contributed by atoms with van der Waals surface area (Å²) >= 11 is 6.88. The van der Waals surface area contributed by atoms with Crippen molar-refractivity contribution < 1.29 is 9.50 Å². The van der Waals surface area contributed by atoms with Crippen molar-refractivity contribution in [2.75, 3.05) is 14.1 Å². The second kappa shape index (κ2) is 3.62. The maximum absolute atomic E-state index is 15.0. The van der Waals surface area contributed by atoms with Gasteiger partial charge in [0.1, 0.15) is 0 Å². The number of aliphatic imine (C=N–C) groups is 1. The molecule has 0 radical (unpaired) electrons. The van der Waals surface area contributed by atoms with Crippen LogP contribution in [0.25, 0.3) is 0 Å². The summed E-state index contributed by atoms with van der Waals surface area (Å²) in [7, 11) is 3.25. The first-order valence-corrected chi connectivity index (χ1v) is 6.71. The fourth-order valence-electron chi connectivity index (χ4n) is 2.70. The van der Waals surface area contributed by atoms with E-state index in [0.717, 1.165) is 17.3 Å². The lowest BCUT2D eigenvalue weighted by molar-refractivity contribution is -0.120. The van der Waals surface area contributed by atoms with Gasteiger partial charge in [0.25, 0.3) is 0 Å². The van der Waals surface area contributed by atoms with Gasteiger partial charge in [-0.15, -0.1) is 0 Å². The summed E-state index contributed by atoms with van der Waals surface area (Å²) in [6.07, 6.45) is 0.132. The minimum absolute atomic E-state index is 0.132. The molecule has 3 rings (SSSR count). The number of alkyl halides is 1. The molecule has 1 N–H and O–H groups in total. The SMILES string of the molecule is CN=C1SC2(F)Cc3cc(Cl)ccc3C2(O)N1C. The van der Waals surface area contributed by atoms with E-state index in [4.69, 9.17) is 11.6 Å². The summed E-state index contributed by atoms with van der Waals surface area (Å²) in [4.78, 5) is 5.51. The van der Waals surface area contributed by atoms with E-state index in [9.17, 15) is 5.11 Å². The highest BCUT2D eigenvalue weighted by Crippen LogP contribution is 2.60. The number of nitrogens with zero attached hydrogens (tertiary/aromatic N) is 2. The van der Waals surface area contributed by atoms with Crippen LogP contribution < -0.4 is 0 Å². The highest BCUT2D eigenvalue weighted by atomic mass is 35.5. The molecule has 1 aliphatic carbocycles. The Bertz CT molecular complexity index is 567. The van der Waals surface area contributed by atoms with E-state index in [-0.39, 0.29) is 6.42 Å². The second-order valence-corrected chi connectivity index (χ2v) is 6.20. The van der Waals surface area contributed by atoms with Crippen molar-refractivity contribution in [3.05, 3.63) is 34.3 Å². The van der Waals surface area contributed by atoms with Crippen LogP contribution in [0.3, 0.4) is 0 Å². The quantitative estimate of drug-likeness (QED) is 0.795. The van der Waals surface area contributed by atoms with Gasteiger partial charge in [0.05, 0.1) is 0 Å². The predicted molar refractivity (Wildman–Crippen MR) is 71.6 cm³/mol. The molecule has 18 heavy (non-hydrogen) atoms. The third kappa shape index (κ3) is 1.27. The van der Waals surface area contributed by atoms with Crippen LogP contribution in [0.1, 0.15) is 11.1 Å². The van der Waals surface area contributed by atoms with Crippen molar-refractivity contribution in [1.29, 1.82) is 0 Å². The zero-order chi connectivity index (χ0) is 13.1. The number of benzene rings is 1. The lowest BCUT2D eigenvalue weighted by atomic mass is 10.0. The van der Waals surface area contributed by atoms with Gasteiger partial charge in [-0.1, -0.05) is 17.7 Å². The number of halogens is 2. The van der Waals surface area contributed by atoms with E-state index in [1.54, 1.807) is 32.3 Å². The molecule has 0 amide bonds. The maximum atomic E-state index is 15.0. The minimum Gasteiger partial charge on any atom is -0.363 e. The molecule has 2 atom stereocenters. The molecule has 0 aromatic heterocycles. The monoisotopic (exact) mass is 286 g/mol. The third-order valence-electron chi connectivity index (χ3n) is 3.60. The minimum atomic E-state index is -1.80. The molecule has 0 saturated carbocycles. The first-order valence-electron chi connectivity index (χ1n) is 5.52. The molecule has 1 aliphatic heterocycles. The van der Waals surface area contributed by atoms with E-state index in [1.165, 1.54) is 4.90 Å². The van der Waals surface area contributed by atoms with Gasteiger partial charge in [-0.3, -0.25) is 4.99 Å². The summed E-state index contributed by atoms with van der Waals surface area (Å²) in [5, 5.41) is 10.1. The Hall–Kier alpha value is -0.780. The van der Waals surface area contributed by atoms with Crippen LogP contribution in [-0.4, -0.2) is 34.3 Å². The summed E-state index contributed by atoms with van der Waals surface area (Å²) in [6, 6.07) is 5.07. The first-order chi connectivity index (χ1) is 8.42. The van der Waals surface area contributed by atoms with Crippen LogP contribution in [0.5, 0.6) is 0 Å². The Labute approximate surface area is 114 Å². The molecule has 1 fully saturated rings. The van der Waals surface area contributed by atoms with Gasteiger partial charge >= 0.3 is 0 Å². The molecule has 2 aliphatic rings. The Morgan fingerprint density at radius 1 is 1.56 bits per heavy atom. The van der Waals surface area contributed by atoms with Crippen LogP contribution in [0.15, 0.2) is 23.2 Å². The molecule has 1 saturated heterocycles. The zero-order valence-corrected chi connectivity index (χ0v) is 11.5. The van der Waals surface area contributed by atoms with Gasteiger partial charge in [0.2, 0.25) is 10.7 Å². The van der Waals surface area contributed by atoms with Crippen molar-refractivity contribution in [3.8, 4) is 0 Å². The fraction of sp³-hybridized carbons (Fsp3) is 0.417. The Morgan fingerprint density at radius 3 is 2.94 bits per heavy atom. The van der Waals surface area contributed by atoms with Crippen molar-refractivity contribution in [2.24, 2.45) is 4.99 Å². The van der Waals surface area contributed by atoms with Crippen LogP contribution in [0, 0.1) is 0 Å². The molecule has 1 heterocycles. The fourth-order valence-corrected chi connectivity index (χ4v) is 4.16. The van der Waals surface area contributed by atoms with Crippen LogP contribution in [0.2, 0.25) is 5.02 Å². The van der Waals surface area contributed by atoms with Crippen molar-refractivity contribution in [3.63, 3.8) is 0 Å². The average Bonchev–Trinajstić information content (AvgIpc) is 2.65. The molecule has 2 unspecified atom stereocenters. The van der Waals surface area contributed by atoms with Crippen LogP contribution in [-0.2, 0) is 12.1 Å². The molecular weight excluding hydrogens is 275 g/mol. The zero-order valence-electron chi connectivity index (χ0n) is 9.94. The lowest BCUT2D eigenvalue weighted by Crippen LogP contribution is -2.48. The standard InChI is InChI=1S/C12H12ClFN2OS/c1-15-10-16(2)12(17)9-4-3-8(13)5-7(9)6-11(12,14)18-10/h3-5,17H,6H2,1-2H3. The largest absolute Gasteiger partial charge is 0.363 e. The average molecular weight is 287 g/mol. The first kappa shape index (κ1) is 12.3. The van der Waals surface area contributed by atoms with Gasteiger partial charge in [-0.2, -0.15) is 0 Å². The Balaban J connectivity index is 2.22. The number of rotatable bonds is 0. The van der Waals surface area contributed by atoms with E-state index in [2.05, 4.69) is 4.99 Å². The molecule has 1 aromatic rings. The van der Waals surface area contributed by atoms with Crippen LogP contribution >= 0.6 is 23.4 Å². The maximum Gasteiger partial charge on any atom is 0.219 e. The van der Waals surface area contributed by atoms with E-state index >= 15 is 4.39 Å². The van der Waals surface area contributed by atoms with Crippen LogP contribution in [0.4, 0.5) is 4.39 Å². The molecular formula is C12H12ClFN2OS. The topological polar surface area (TPSA) is 35.8 Å². The summed E-state index contributed by atoms with van der Waals surface area (Å²) in [6.45, 7) is 0. The summed E-state index contributed by atoms with van der Waals surface area (Å²) < 4.78 is 15.0. The van der Waals surface area contributed by atoms with Crippen molar-refractivity contribution >= 4 is 28.5 Å². The number of fused-ring (bicyclic) bond motifs is 3. The molecule has 6 heteroatoms. The molecule has 0 bridgehead atoms. The lowest BCUT2D eigenvalue weighted by Gasteiger charge is -2.33. The number of thioether (sulfide) groups is 1. The van der Waals surface area contributed by atoms with Gasteiger partial charge in [0, 0.05) is 31.1 Å². The highest BCUT2D eigenvalue weighted by molar-refractivity contribution is 8.15. The second-order valence-electron chi connectivity index (χ2n) is 4.55. The van der Waals surface area contributed by atoms with Gasteiger partial charge in [0.15, 0.2) is 5.17 Å². The number of amidine groups is 1. The van der Waals surface area contributed by atoms with Gasteiger partial charge < -0.3 is 10.0 Å². The van der Waals surface area contributed by atoms with Crippen molar-refractivity contribution in [1.82, 2.24) is 4.90 Å². The van der Waals surface area contributed by atoms with Gasteiger partial charge in [-0.25, -0.2) is 4.39 Å². The van der Waals surface area contributed by atoms with Gasteiger partial charge in [-0.05, 0) is 29.5 Å². The molecule has 1 aromatic carbocycles. The molecule has 96 valence electrons. The summed E-state index contributed by atoms with van der Waals surface area (Å²) in [5.74, 6) is 0. The molecule has 3 nitrogen and oxygen atoms in total. The van der Waals surface area contributed by atoms with E-state index in [0.29, 0.717) is 15.8 Å². The van der Waals surface area contributed by atoms with Crippen molar-refractivity contribution in [2.45, 2.75) is 17.1 Å².